The number of ketones is 1. The van der Waals surface area contributed by atoms with Crippen molar-refractivity contribution in [2.75, 3.05) is 37.7 Å². The molecule has 1 unspecified atom stereocenters. The van der Waals surface area contributed by atoms with Crippen molar-refractivity contribution in [3.8, 4) is 0 Å². The lowest BCUT2D eigenvalue weighted by atomic mass is 10.0. The molecule has 8 heteroatoms. The van der Waals surface area contributed by atoms with E-state index in [0.717, 1.165) is 5.69 Å². The molecule has 1 aliphatic rings. The number of hydrogen-bond acceptors (Lipinski definition) is 5. The molecule has 35 heavy (non-hydrogen) atoms. The van der Waals surface area contributed by atoms with Gasteiger partial charge in [-0.05, 0) is 36.4 Å². The largest absolute Gasteiger partial charge is 0.394 e. The van der Waals surface area contributed by atoms with E-state index < -0.39 is 18.6 Å². The van der Waals surface area contributed by atoms with Crippen molar-refractivity contribution in [2.24, 2.45) is 0 Å². The smallest absolute Gasteiger partial charge is 0.252 e. The standard InChI is InChI=1S/C27H26FN3O4/c28-22-9-11-23(12-10-22)30-13-15-31(16-14-30)27(35)24(18-32)29-26(34)21-8-4-7-20(17-21)25(33)19-5-2-1-3-6-19/h1-12,17,24,32H,13-16,18H2,(H,29,34). The van der Waals surface area contributed by atoms with Gasteiger partial charge in [-0.25, -0.2) is 4.39 Å². The van der Waals surface area contributed by atoms with Crippen LogP contribution in [0.25, 0.3) is 0 Å². The third kappa shape index (κ3) is 5.73. The van der Waals surface area contributed by atoms with Crippen LogP contribution in [0.4, 0.5) is 10.1 Å². The van der Waals surface area contributed by atoms with Gasteiger partial charge in [-0.1, -0.05) is 42.5 Å². The minimum Gasteiger partial charge on any atom is -0.394 e. The molecule has 2 N–H and O–H groups in total. The highest BCUT2D eigenvalue weighted by Crippen LogP contribution is 2.17. The normalized spacial score (nSPS) is 14.3. The van der Waals surface area contributed by atoms with Crippen LogP contribution in [0, 0.1) is 5.82 Å². The molecular formula is C27H26FN3O4. The van der Waals surface area contributed by atoms with Gasteiger partial charge in [0.2, 0.25) is 5.91 Å². The maximum Gasteiger partial charge on any atom is 0.252 e. The number of rotatable bonds is 7. The fraction of sp³-hybridized carbons (Fsp3) is 0.222. The quantitative estimate of drug-likeness (QED) is 0.513. The van der Waals surface area contributed by atoms with E-state index in [4.69, 9.17) is 0 Å². The predicted molar refractivity (Wildman–Crippen MR) is 130 cm³/mol. The highest BCUT2D eigenvalue weighted by Gasteiger charge is 2.29. The lowest BCUT2D eigenvalue weighted by Gasteiger charge is -2.37. The average molecular weight is 476 g/mol. The summed E-state index contributed by atoms with van der Waals surface area (Å²) >= 11 is 0. The molecule has 1 atom stereocenters. The minimum atomic E-state index is -1.10. The number of carbonyl (C=O) groups excluding carboxylic acids is 3. The Morgan fingerprint density at radius 3 is 2.11 bits per heavy atom. The zero-order valence-corrected chi connectivity index (χ0v) is 19.1. The number of nitrogens with one attached hydrogen (secondary N) is 1. The van der Waals surface area contributed by atoms with Crippen molar-refractivity contribution in [1.29, 1.82) is 0 Å². The second-order valence-corrected chi connectivity index (χ2v) is 8.27. The first kappa shape index (κ1) is 24.1. The van der Waals surface area contributed by atoms with E-state index in [2.05, 4.69) is 5.32 Å². The van der Waals surface area contributed by atoms with Crippen molar-refractivity contribution in [1.82, 2.24) is 10.2 Å². The van der Waals surface area contributed by atoms with Gasteiger partial charge in [0, 0.05) is 48.6 Å². The molecular weight excluding hydrogens is 449 g/mol. The lowest BCUT2D eigenvalue weighted by Crippen LogP contribution is -2.56. The second kappa shape index (κ2) is 10.9. The molecule has 1 saturated heterocycles. The third-order valence-electron chi connectivity index (χ3n) is 5.99. The van der Waals surface area contributed by atoms with Crippen LogP contribution in [0.2, 0.25) is 0 Å². The number of anilines is 1. The maximum absolute atomic E-state index is 13.2. The number of aliphatic hydroxyl groups excluding tert-OH is 1. The first-order valence-corrected chi connectivity index (χ1v) is 11.4. The number of halogens is 1. The van der Waals surface area contributed by atoms with Gasteiger partial charge >= 0.3 is 0 Å². The second-order valence-electron chi connectivity index (χ2n) is 8.27. The van der Waals surface area contributed by atoms with Crippen LogP contribution in [-0.2, 0) is 4.79 Å². The van der Waals surface area contributed by atoms with Crippen molar-refractivity contribution in [3.63, 3.8) is 0 Å². The Bertz CT molecular complexity index is 1190. The number of aliphatic hydroxyl groups is 1. The Morgan fingerprint density at radius 2 is 1.46 bits per heavy atom. The van der Waals surface area contributed by atoms with E-state index in [1.807, 2.05) is 11.0 Å². The molecule has 0 spiro atoms. The number of amides is 2. The van der Waals surface area contributed by atoms with Crippen LogP contribution in [0.5, 0.6) is 0 Å². The zero-order chi connectivity index (χ0) is 24.8. The SMILES string of the molecule is O=C(NC(CO)C(=O)N1CCN(c2ccc(F)cc2)CC1)c1cccc(C(=O)c2ccccc2)c1. The van der Waals surface area contributed by atoms with Gasteiger partial charge in [0.15, 0.2) is 5.78 Å². The molecule has 2 amide bonds. The Morgan fingerprint density at radius 1 is 0.829 bits per heavy atom. The Hall–Kier alpha value is -4.04. The van der Waals surface area contributed by atoms with E-state index in [1.165, 1.54) is 18.2 Å². The van der Waals surface area contributed by atoms with Crippen LogP contribution in [-0.4, -0.2) is 66.4 Å². The predicted octanol–water partition coefficient (Wildman–Crippen LogP) is 2.50. The van der Waals surface area contributed by atoms with E-state index >= 15 is 0 Å². The number of hydrogen-bond donors (Lipinski definition) is 2. The summed E-state index contributed by atoms with van der Waals surface area (Å²) < 4.78 is 13.2. The molecule has 1 aliphatic heterocycles. The minimum absolute atomic E-state index is 0.214. The fourth-order valence-electron chi connectivity index (χ4n) is 4.04. The third-order valence-corrected chi connectivity index (χ3v) is 5.99. The van der Waals surface area contributed by atoms with E-state index in [-0.39, 0.29) is 23.1 Å². The Labute approximate surface area is 202 Å². The van der Waals surface area contributed by atoms with E-state index in [9.17, 15) is 23.9 Å². The van der Waals surface area contributed by atoms with Gasteiger partial charge in [0.1, 0.15) is 11.9 Å². The number of carbonyl (C=O) groups is 3. The molecule has 0 saturated carbocycles. The van der Waals surface area contributed by atoms with Gasteiger partial charge in [-0.15, -0.1) is 0 Å². The van der Waals surface area contributed by atoms with Crippen LogP contribution in [0.3, 0.4) is 0 Å². The maximum atomic E-state index is 13.2. The molecule has 7 nitrogen and oxygen atoms in total. The van der Waals surface area contributed by atoms with Crippen LogP contribution in [0.1, 0.15) is 26.3 Å². The number of benzene rings is 3. The molecule has 180 valence electrons. The van der Waals surface area contributed by atoms with Gasteiger partial charge in [0.25, 0.3) is 5.91 Å². The van der Waals surface area contributed by atoms with Crippen molar-refractivity contribution >= 4 is 23.3 Å². The molecule has 1 fully saturated rings. The van der Waals surface area contributed by atoms with E-state index in [1.54, 1.807) is 59.5 Å². The van der Waals surface area contributed by atoms with Crippen molar-refractivity contribution in [3.05, 3.63) is 101 Å². The molecule has 0 aliphatic carbocycles. The summed E-state index contributed by atoms with van der Waals surface area (Å²) in [5, 5.41) is 12.4. The molecule has 3 aromatic carbocycles. The summed E-state index contributed by atoms with van der Waals surface area (Å²) in [5.41, 5.74) is 1.95. The van der Waals surface area contributed by atoms with Gasteiger partial charge in [0.05, 0.1) is 6.61 Å². The molecule has 0 radical (unpaired) electrons. The summed E-state index contributed by atoms with van der Waals surface area (Å²) in [7, 11) is 0. The number of piperazine rings is 1. The monoisotopic (exact) mass is 475 g/mol. The highest BCUT2D eigenvalue weighted by atomic mass is 19.1. The van der Waals surface area contributed by atoms with Gasteiger partial charge in [-0.3, -0.25) is 14.4 Å². The summed E-state index contributed by atoms with van der Waals surface area (Å²) in [5.74, 6) is -1.45. The Kier molecular flexibility index (Phi) is 7.52. The summed E-state index contributed by atoms with van der Waals surface area (Å²) in [6, 6.07) is 20.1. The summed E-state index contributed by atoms with van der Waals surface area (Å²) in [6.45, 7) is 1.36. The summed E-state index contributed by atoms with van der Waals surface area (Å²) in [6.07, 6.45) is 0. The number of nitrogens with zero attached hydrogens (tertiary/aromatic N) is 2. The van der Waals surface area contributed by atoms with Gasteiger partial charge < -0.3 is 20.2 Å². The van der Waals surface area contributed by atoms with Crippen molar-refractivity contribution in [2.45, 2.75) is 6.04 Å². The highest BCUT2D eigenvalue weighted by molar-refractivity contribution is 6.10. The fourth-order valence-corrected chi connectivity index (χ4v) is 4.04. The molecule has 0 bridgehead atoms. The van der Waals surface area contributed by atoms with Crippen LogP contribution < -0.4 is 10.2 Å². The lowest BCUT2D eigenvalue weighted by molar-refractivity contribution is -0.134. The molecule has 0 aromatic heterocycles. The van der Waals surface area contributed by atoms with E-state index in [0.29, 0.717) is 37.3 Å². The first-order valence-electron chi connectivity index (χ1n) is 11.4. The zero-order valence-electron chi connectivity index (χ0n) is 19.1. The Balaban J connectivity index is 1.37. The summed E-state index contributed by atoms with van der Waals surface area (Å²) in [4.78, 5) is 42.2. The topological polar surface area (TPSA) is 89.9 Å². The first-order chi connectivity index (χ1) is 17.0. The average Bonchev–Trinajstić information content (AvgIpc) is 2.92. The van der Waals surface area contributed by atoms with Crippen LogP contribution >= 0.6 is 0 Å². The van der Waals surface area contributed by atoms with Crippen molar-refractivity contribution < 1.29 is 23.9 Å². The molecule has 4 rings (SSSR count). The molecule has 3 aromatic rings. The molecule has 1 heterocycles. The van der Waals surface area contributed by atoms with Gasteiger partial charge in [-0.2, -0.15) is 0 Å². The van der Waals surface area contributed by atoms with Crippen LogP contribution in [0.15, 0.2) is 78.9 Å².